The Morgan fingerprint density at radius 1 is 1.41 bits per heavy atom. The van der Waals surface area contributed by atoms with Gasteiger partial charge in [-0.3, -0.25) is 9.69 Å². The van der Waals surface area contributed by atoms with Crippen molar-refractivity contribution in [2.24, 2.45) is 0 Å². The monoisotopic (exact) mass is 371 g/mol. The molecular weight excluding hydrogens is 346 g/mol. The summed E-state index contributed by atoms with van der Waals surface area (Å²) < 4.78 is 17.8. The number of hydrogen-bond acceptors (Lipinski definition) is 6. The molecule has 0 aromatic heterocycles. The normalized spacial score (nSPS) is 38.6. The van der Waals surface area contributed by atoms with Gasteiger partial charge in [-0.25, -0.2) is 0 Å². The van der Waals surface area contributed by atoms with Crippen molar-refractivity contribution in [1.29, 1.82) is 0 Å². The van der Waals surface area contributed by atoms with Gasteiger partial charge in [-0.15, -0.1) is 0 Å². The van der Waals surface area contributed by atoms with Crippen LogP contribution in [0.15, 0.2) is 23.8 Å². The number of carbonyl (C=O) groups is 1. The molecule has 5 atom stereocenters. The minimum Gasteiger partial charge on any atom is -0.493 e. The number of piperidine rings is 1. The Bertz CT molecular complexity index is 880. The first kappa shape index (κ1) is 17.1. The number of rotatable bonds is 2. The third-order valence-corrected chi connectivity index (χ3v) is 7.15. The van der Waals surface area contributed by atoms with E-state index in [-0.39, 0.29) is 6.04 Å². The number of likely N-dealkylation sites (N-methyl/N-ethyl adjacent to an activating group) is 1. The van der Waals surface area contributed by atoms with E-state index in [2.05, 4.69) is 18.0 Å². The molecule has 1 aromatic carbocycles. The van der Waals surface area contributed by atoms with Crippen molar-refractivity contribution in [1.82, 2.24) is 4.90 Å². The first-order valence-electron chi connectivity index (χ1n) is 9.50. The number of methoxy groups -OCH3 is 1. The van der Waals surface area contributed by atoms with Crippen LogP contribution >= 0.6 is 0 Å². The highest BCUT2D eigenvalue weighted by Gasteiger charge is 2.71. The summed E-state index contributed by atoms with van der Waals surface area (Å²) in [6, 6.07) is 4.29. The Balaban J connectivity index is 1.83. The second kappa shape index (κ2) is 5.26. The molecule has 1 spiro atoms. The fraction of sp³-hybridized carbons (Fsp3) is 0.571. The lowest BCUT2D eigenvalue weighted by Gasteiger charge is -2.59. The summed E-state index contributed by atoms with van der Waals surface area (Å²) >= 11 is 0. The molecule has 1 saturated heterocycles. The molecule has 144 valence electrons. The van der Waals surface area contributed by atoms with Gasteiger partial charge in [0.05, 0.1) is 12.5 Å². The molecular formula is C21H25NO5. The van der Waals surface area contributed by atoms with Crippen LogP contribution in [0.1, 0.15) is 31.4 Å². The SMILES string of the molecule is COc1ccc2c3c1O[C@]1(C)[C@H](OC(C)=O)[C@@H](O)C=C4[C@@H](C2)N(C)CC[C@]431. The number of likely N-dealkylation sites (tertiary alicyclic amines) is 1. The Kier molecular flexibility index (Phi) is 3.33. The minimum absolute atomic E-state index is 0.210. The Hall–Kier alpha value is -2.05. The molecule has 6 heteroatoms. The molecule has 0 saturated carbocycles. The van der Waals surface area contributed by atoms with Gasteiger partial charge in [-0.1, -0.05) is 12.1 Å². The van der Waals surface area contributed by atoms with Crippen LogP contribution in [0.25, 0.3) is 0 Å². The van der Waals surface area contributed by atoms with Crippen molar-refractivity contribution >= 4 is 5.97 Å². The number of nitrogens with zero attached hydrogens (tertiary/aromatic N) is 1. The van der Waals surface area contributed by atoms with Gasteiger partial charge < -0.3 is 19.3 Å². The third kappa shape index (κ3) is 1.85. The van der Waals surface area contributed by atoms with Gasteiger partial charge in [0.1, 0.15) is 6.10 Å². The van der Waals surface area contributed by atoms with Crippen LogP contribution in [0.5, 0.6) is 11.5 Å². The molecule has 2 heterocycles. The van der Waals surface area contributed by atoms with Crippen molar-refractivity contribution in [2.75, 3.05) is 20.7 Å². The van der Waals surface area contributed by atoms with E-state index in [1.165, 1.54) is 18.1 Å². The van der Waals surface area contributed by atoms with E-state index >= 15 is 0 Å². The van der Waals surface area contributed by atoms with Gasteiger partial charge in [0.2, 0.25) is 0 Å². The highest BCUT2D eigenvalue weighted by atomic mass is 16.6. The van der Waals surface area contributed by atoms with Gasteiger partial charge in [0.15, 0.2) is 23.2 Å². The molecule has 0 unspecified atom stereocenters. The average molecular weight is 371 g/mol. The zero-order valence-electron chi connectivity index (χ0n) is 16.1. The summed E-state index contributed by atoms with van der Waals surface area (Å²) in [5.74, 6) is 1.00. The maximum atomic E-state index is 11.8. The van der Waals surface area contributed by atoms with Gasteiger partial charge in [0.25, 0.3) is 0 Å². The predicted octanol–water partition coefficient (Wildman–Crippen LogP) is 1.58. The number of ether oxygens (including phenoxy) is 3. The summed E-state index contributed by atoms with van der Waals surface area (Å²) in [6.07, 6.45) is 1.96. The fourth-order valence-corrected chi connectivity index (χ4v) is 6.01. The summed E-state index contributed by atoms with van der Waals surface area (Å²) in [7, 11) is 3.77. The molecule has 27 heavy (non-hydrogen) atoms. The van der Waals surface area contributed by atoms with E-state index < -0.39 is 29.2 Å². The van der Waals surface area contributed by atoms with Crippen molar-refractivity contribution < 1.29 is 24.1 Å². The molecule has 1 aromatic rings. The van der Waals surface area contributed by atoms with E-state index in [1.807, 2.05) is 19.1 Å². The molecule has 2 bridgehead atoms. The molecule has 5 rings (SSSR count). The van der Waals surface area contributed by atoms with Crippen molar-refractivity contribution in [3.8, 4) is 11.5 Å². The smallest absolute Gasteiger partial charge is 0.303 e. The van der Waals surface area contributed by atoms with Crippen molar-refractivity contribution in [3.05, 3.63) is 34.9 Å². The molecule has 1 N–H and O–H groups in total. The fourth-order valence-electron chi connectivity index (χ4n) is 6.01. The zero-order chi connectivity index (χ0) is 19.1. The van der Waals surface area contributed by atoms with E-state index in [4.69, 9.17) is 14.2 Å². The van der Waals surface area contributed by atoms with Gasteiger partial charge >= 0.3 is 5.97 Å². The third-order valence-electron chi connectivity index (χ3n) is 7.15. The number of carbonyl (C=O) groups excluding carboxylic acids is 1. The topological polar surface area (TPSA) is 68.2 Å². The van der Waals surface area contributed by atoms with Gasteiger partial charge in [-0.2, -0.15) is 0 Å². The summed E-state index contributed by atoms with van der Waals surface area (Å²) in [4.78, 5) is 14.2. The lowest BCUT2D eigenvalue weighted by atomic mass is 9.51. The number of hydrogen-bond donors (Lipinski definition) is 1. The van der Waals surface area contributed by atoms with Gasteiger partial charge in [0, 0.05) is 18.5 Å². The highest BCUT2D eigenvalue weighted by molar-refractivity contribution is 5.70. The molecule has 2 aliphatic heterocycles. The maximum absolute atomic E-state index is 11.8. The van der Waals surface area contributed by atoms with Crippen LogP contribution in [-0.2, 0) is 21.4 Å². The largest absolute Gasteiger partial charge is 0.493 e. The lowest BCUT2D eigenvalue weighted by molar-refractivity contribution is -0.178. The van der Waals surface area contributed by atoms with Crippen molar-refractivity contribution in [3.63, 3.8) is 0 Å². The number of esters is 1. The standard InChI is InChI=1S/C21H25NO5/c1-11(23)26-19-15(24)10-13-14-9-12-5-6-16(25-4)18-17(12)21(13,7-8-22(14)3)20(19,2)27-18/h5-6,10,14-15,19,24H,7-9H2,1-4H3/t14-,15+,19-,20-,21+/m1/s1. The molecule has 1 fully saturated rings. The van der Waals surface area contributed by atoms with Gasteiger partial charge in [-0.05, 0) is 50.6 Å². The van der Waals surface area contributed by atoms with E-state index in [0.717, 1.165) is 30.7 Å². The van der Waals surface area contributed by atoms with Crippen LogP contribution < -0.4 is 9.47 Å². The van der Waals surface area contributed by atoms with Crippen LogP contribution in [0, 0.1) is 0 Å². The quantitative estimate of drug-likeness (QED) is 0.629. The Morgan fingerprint density at radius 2 is 2.19 bits per heavy atom. The molecule has 0 amide bonds. The summed E-state index contributed by atoms with van der Waals surface area (Å²) in [5.41, 5.74) is 2.30. The zero-order valence-corrected chi connectivity index (χ0v) is 16.1. The number of benzene rings is 1. The number of aliphatic hydroxyl groups is 1. The van der Waals surface area contributed by atoms with E-state index in [1.54, 1.807) is 7.11 Å². The lowest BCUT2D eigenvalue weighted by Crippen LogP contribution is -2.70. The average Bonchev–Trinajstić information content (AvgIpc) is 2.89. The van der Waals surface area contributed by atoms with Crippen molar-refractivity contribution in [2.45, 2.75) is 56.0 Å². The first-order valence-corrected chi connectivity index (χ1v) is 9.50. The molecule has 2 aliphatic carbocycles. The Labute approximate surface area is 158 Å². The summed E-state index contributed by atoms with van der Waals surface area (Å²) in [5, 5.41) is 10.9. The second-order valence-electron chi connectivity index (χ2n) is 8.34. The molecule has 6 nitrogen and oxygen atoms in total. The second-order valence-corrected chi connectivity index (χ2v) is 8.34. The van der Waals surface area contributed by atoms with Crippen LogP contribution in [-0.4, -0.2) is 60.5 Å². The van der Waals surface area contributed by atoms with Crippen LogP contribution in [0.2, 0.25) is 0 Å². The van der Waals surface area contributed by atoms with Crippen LogP contribution in [0.4, 0.5) is 0 Å². The highest BCUT2D eigenvalue weighted by Crippen LogP contribution is 2.66. The predicted molar refractivity (Wildman–Crippen MR) is 98.1 cm³/mol. The summed E-state index contributed by atoms with van der Waals surface area (Å²) in [6.45, 7) is 4.27. The minimum atomic E-state index is -0.905. The molecule has 0 radical (unpaired) electrons. The Morgan fingerprint density at radius 3 is 2.89 bits per heavy atom. The maximum Gasteiger partial charge on any atom is 0.303 e. The number of aliphatic hydroxyl groups excluding tert-OH is 1. The molecule has 4 aliphatic rings. The van der Waals surface area contributed by atoms with E-state index in [0.29, 0.717) is 5.75 Å². The van der Waals surface area contributed by atoms with Crippen LogP contribution in [0.3, 0.4) is 0 Å². The van der Waals surface area contributed by atoms with E-state index in [9.17, 15) is 9.90 Å². The first-order chi connectivity index (χ1) is 12.8.